The fourth-order valence-corrected chi connectivity index (χ4v) is 2.69. The summed E-state index contributed by atoms with van der Waals surface area (Å²) in [6.07, 6.45) is 4.24. The predicted molar refractivity (Wildman–Crippen MR) is 86.3 cm³/mol. The van der Waals surface area contributed by atoms with Crippen LogP contribution < -0.4 is 5.32 Å². The molecular weight excluding hydrogens is 290 g/mol. The van der Waals surface area contributed by atoms with Gasteiger partial charge in [-0.25, -0.2) is 0 Å². The first-order valence-electron chi connectivity index (χ1n) is 6.39. The van der Waals surface area contributed by atoms with Gasteiger partial charge in [-0.1, -0.05) is 23.7 Å². The number of nitrogens with one attached hydrogen (secondary N) is 1. The van der Waals surface area contributed by atoms with Crippen LogP contribution in [0.5, 0.6) is 0 Å². The van der Waals surface area contributed by atoms with Crippen molar-refractivity contribution in [1.82, 2.24) is 5.32 Å². The molecule has 0 bridgehead atoms. The van der Waals surface area contributed by atoms with Crippen LogP contribution in [0.2, 0.25) is 5.02 Å². The Morgan fingerprint density at radius 2 is 2.05 bits per heavy atom. The van der Waals surface area contributed by atoms with Crippen LogP contribution >= 0.6 is 22.9 Å². The van der Waals surface area contributed by atoms with Crippen molar-refractivity contribution in [3.63, 3.8) is 0 Å². The Balaban J connectivity index is 1.77. The standard InChI is InChI=1S/C16H16ClNOS/c1-12-9-11-20-15(12)6-7-16(19)18-10-8-13-2-4-14(17)5-3-13/h2-7,9,11H,8,10H2,1H3,(H,18,19)/b7-6+. The van der Waals surface area contributed by atoms with E-state index in [1.54, 1.807) is 17.4 Å². The molecule has 1 heterocycles. The van der Waals surface area contributed by atoms with Gasteiger partial charge in [-0.15, -0.1) is 11.3 Å². The molecular formula is C16H16ClNOS. The van der Waals surface area contributed by atoms with Gasteiger partial charge in [0.05, 0.1) is 0 Å². The fraction of sp³-hybridized carbons (Fsp3) is 0.188. The van der Waals surface area contributed by atoms with Gasteiger partial charge < -0.3 is 5.32 Å². The molecule has 0 spiro atoms. The first-order chi connectivity index (χ1) is 9.65. The van der Waals surface area contributed by atoms with Crippen LogP contribution in [0, 0.1) is 6.92 Å². The first kappa shape index (κ1) is 14.8. The van der Waals surface area contributed by atoms with Crippen LogP contribution in [0.1, 0.15) is 16.0 Å². The molecule has 0 radical (unpaired) electrons. The second kappa shape index (κ2) is 7.27. The maximum absolute atomic E-state index is 11.7. The molecule has 0 aliphatic rings. The summed E-state index contributed by atoms with van der Waals surface area (Å²) in [4.78, 5) is 12.8. The summed E-state index contributed by atoms with van der Waals surface area (Å²) >= 11 is 7.46. The molecule has 2 aromatic rings. The third-order valence-electron chi connectivity index (χ3n) is 2.91. The molecule has 0 unspecified atom stereocenters. The Morgan fingerprint density at radius 3 is 2.70 bits per heavy atom. The minimum atomic E-state index is -0.0632. The smallest absolute Gasteiger partial charge is 0.244 e. The number of carbonyl (C=O) groups is 1. The molecule has 1 aromatic carbocycles. The SMILES string of the molecule is Cc1ccsc1/C=C/C(=O)NCCc1ccc(Cl)cc1. The number of hydrogen-bond acceptors (Lipinski definition) is 2. The highest BCUT2D eigenvalue weighted by molar-refractivity contribution is 7.11. The molecule has 1 N–H and O–H groups in total. The summed E-state index contributed by atoms with van der Waals surface area (Å²) in [6.45, 7) is 2.66. The van der Waals surface area contributed by atoms with Crippen molar-refractivity contribution in [2.45, 2.75) is 13.3 Å². The summed E-state index contributed by atoms with van der Waals surface area (Å²) in [5.74, 6) is -0.0632. The van der Waals surface area contributed by atoms with Crippen LogP contribution in [0.15, 0.2) is 41.8 Å². The van der Waals surface area contributed by atoms with Gasteiger partial charge in [-0.05, 0) is 54.1 Å². The molecule has 20 heavy (non-hydrogen) atoms. The molecule has 2 rings (SSSR count). The van der Waals surface area contributed by atoms with E-state index < -0.39 is 0 Å². The summed E-state index contributed by atoms with van der Waals surface area (Å²) in [6, 6.07) is 9.71. The average Bonchev–Trinajstić information content (AvgIpc) is 2.84. The van der Waals surface area contributed by atoms with Gasteiger partial charge in [0.1, 0.15) is 0 Å². The third kappa shape index (κ3) is 4.51. The number of benzene rings is 1. The van der Waals surface area contributed by atoms with E-state index >= 15 is 0 Å². The van der Waals surface area contributed by atoms with E-state index in [0.29, 0.717) is 6.54 Å². The van der Waals surface area contributed by atoms with Crippen molar-refractivity contribution in [2.75, 3.05) is 6.54 Å². The number of carbonyl (C=O) groups excluding carboxylic acids is 1. The minimum Gasteiger partial charge on any atom is -0.352 e. The molecule has 4 heteroatoms. The van der Waals surface area contributed by atoms with Crippen molar-refractivity contribution in [2.24, 2.45) is 0 Å². The van der Waals surface area contributed by atoms with Gasteiger partial charge in [0.2, 0.25) is 5.91 Å². The van der Waals surface area contributed by atoms with Gasteiger partial charge in [0, 0.05) is 22.5 Å². The van der Waals surface area contributed by atoms with Crippen LogP contribution in [-0.2, 0) is 11.2 Å². The van der Waals surface area contributed by atoms with Crippen molar-refractivity contribution >= 4 is 34.9 Å². The summed E-state index contributed by atoms with van der Waals surface area (Å²) in [5, 5.41) is 5.62. The van der Waals surface area contributed by atoms with Crippen LogP contribution in [0.4, 0.5) is 0 Å². The van der Waals surface area contributed by atoms with Gasteiger partial charge in [0.15, 0.2) is 0 Å². The summed E-state index contributed by atoms with van der Waals surface area (Å²) in [7, 11) is 0. The predicted octanol–water partition coefficient (Wildman–Crippen LogP) is 4.08. The number of hydrogen-bond donors (Lipinski definition) is 1. The second-order valence-electron chi connectivity index (χ2n) is 4.47. The van der Waals surface area contributed by atoms with Crippen molar-refractivity contribution < 1.29 is 4.79 Å². The average molecular weight is 306 g/mol. The Hall–Kier alpha value is -1.58. The van der Waals surface area contributed by atoms with Crippen molar-refractivity contribution in [1.29, 1.82) is 0 Å². The number of amides is 1. The number of halogens is 1. The fourth-order valence-electron chi connectivity index (χ4n) is 1.75. The molecule has 0 saturated carbocycles. The van der Waals surface area contributed by atoms with Crippen LogP contribution in [0.3, 0.4) is 0 Å². The molecule has 1 amide bonds. The largest absolute Gasteiger partial charge is 0.352 e. The number of thiophene rings is 1. The molecule has 0 aliphatic heterocycles. The number of rotatable bonds is 5. The minimum absolute atomic E-state index is 0.0632. The highest BCUT2D eigenvalue weighted by Crippen LogP contribution is 2.16. The van der Waals surface area contributed by atoms with Crippen molar-refractivity contribution in [3.05, 3.63) is 62.8 Å². The monoisotopic (exact) mass is 305 g/mol. The Labute approximate surface area is 128 Å². The molecule has 0 aliphatic carbocycles. The third-order valence-corrected chi connectivity index (χ3v) is 4.15. The van der Waals surface area contributed by atoms with E-state index in [0.717, 1.165) is 21.9 Å². The van der Waals surface area contributed by atoms with Crippen LogP contribution in [-0.4, -0.2) is 12.5 Å². The normalized spacial score (nSPS) is 10.9. The van der Waals surface area contributed by atoms with E-state index in [9.17, 15) is 4.79 Å². The lowest BCUT2D eigenvalue weighted by atomic mass is 10.1. The Morgan fingerprint density at radius 1 is 1.30 bits per heavy atom. The lowest BCUT2D eigenvalue weighted by Crippen LogP contribution is -2.23. The lowest BCUT2D eigenvalue weighted by molar-refractivity contribution is -0.116. The maximum atomic E-state index is 11.7. The van der Waals surface area contributed by atoms with Crippen LogP contribution in [0.25, 0.3) is 6.08 Å². The number of aryl methyl sites for hydroxylation is 1. The zero-order valence-electron chi connectivity index (χ0n) is 11.2. The quantitative estimate of drug-likeness (QED) is 0.829. The summed E-state index contributed by atoms with van der Waals surface area (Å²) < 4.78 is 0. The van der Waals surface area contributed by atoms with Gasteiger partial charge >= 0.3 is 0 Å². The zero-order chi connectivity index (χ0) is 14.4. The highest BCUT2D eigenvalue weighted by atomic mass is 35.5. The summed E-state index contributed by atoms with van der Waals surface area (Å²) in [5.41, 5.74) is 2.35. The Bertz CT molecular complexity index is 601. The maximum Gasteiger partial charge on any atom is 0.244 e. The van der Waals surface area contributed by atoms with E-state index in [4.69, 9.17) is 11.6 Å². The van der Waals surface area contributed by atoms with Gasteiger partial charge in [-0.2, -0.15) is 0 Å². The topological polar surface area (TPSA) is 29.1 Å². The van der Waals surface area contributed by atoms with E-state index in [-0.39, 0.29) is 5.91 Å². The molecule has 0 saturated heterocycles. The molecule has 2 nitrogen and oxygen atoms in total. The zero-order valence-corrected chi connectivity index (χ0v) is 12.8. The first-order valence-corrected chi connectivity index (χ1v) is 7.65. The lowest BCUT2D eigenvalue weighted by Gasteiger charge is -2.02. The molecule has 0 fully saturated rings. The molecule has 104 valence electrons. The molecule has 0 atom stereocenters. The molecule has 1 aromatic heterocycles. The second-order valence-corrected chi connectivity index (χ2v) is 5.85. The Kier molecular flexibility index (Phi) is 5.39. The highest BCUT2D eigenvalue weighted by Gasteiger charge is 1.99. The van der Waals surface area contributed by atoms with Gasteiger partial charge in [0.25, 0.3) is 0 Å². The van der Waals surface area contributed by atoms with E-state index in [1.807, 2.05) is 48.7 Å². The van der Waals surface area contributed by atoms with E-state index in [1.165, 1.54) is 5.56 Å². The van der Waals surface area contributed by atoms with E-state index in [2.05, 4.69) is 5.32 Å². The van der Waals surface area contributed by atoms with Crippen molar-refractivity contribution in [3.8, 4) is 0 Å². The van der Waals surface area contributed by atoms with Gasteiger partial charge in [-0.3, -0.25) is 4.79 Å².